The lowest BCUT2D eigenvalue weighted by Crippen LogP contribution is -2.34. The summed E-state index contributed by atoms with van der Waals surface area (Å²) >= 11 is 6.08. The van der Waals surface area contributed by atoms with Crippen molar-refractivity contribution in [2.75, 3.05) is 32.8 Å². The summed E-state index contributed by atoms with van der Waals surface area (Å²) in [6.45, 7) is 0.295. The third-order valence-corrected chi connectivity index (χ3v) is 6.19. The first kappa shape index (κ1) is 21.3. The van der Waals surface area contributed by atoms with Gasteiger partial charge >= 0.3 is 0 Å². The number of nitrogens with zero attached hydrogens (tertiary/aromatic N) is 1. The van der Waals surface area contributed by atoms with Crippen LogP contribution >= 0.6 is 11.6 Å². The quantitative estimate of drug-likeness (QED) is 0.737. The second kappa shape index (κ2) is 8.67. The number of nitrogens with one attached hydrogen (secondary N) is 1. The molecule has 1 saturated heterocycles. The summed E-state index contributed by atoms with van der Waals surface area (Å²) in [5.41, 5.74) is 2.87. The Hall–Kier alpha value is -2.93. The van der Waals surface area contributed by atoms with E-state index < -0.39 is 5.92 Å². The van der Waals surface area contributed by atoms with Crippen LogP contribution < -0.4 is 24.4 Å². The van der Waals surface area contributed by atoms with Crippen LogP contribution in [0.4, 0.5) is 5.69 Å². The summed E-state index contributed by atoms with van der Waals surface area (Å²) in [5, 5.41) is 3.82. The van der Waals surface area contributed by atoms with Gasteiger partial charge < -0.3 is 24.4 Å². The molecular formula is C23H25ClN2O5. The van der Waals surface area contributed by atoms with E-state index in [-0.39, 0.29) is 24.3 Å². The van der Waals surface area contributed by atoms with Gasteiger partial charge in [-0.15, -0.1) is 0 Å². The van der Waals surface area contributed by atoms with Crippen molar-refractivity contribution in [3.8, 4) is 17.2 Å². The zero-order valence-corrected chi connectivity index (χ0v) is 18.5. The van der Waals surface area contributed by atoms with E-state index in [4.69, 9.17) is 25.8 Å². The lowest BCUT2D eigenvalue weighted by Gasteiger charge is -2.21. The summed E-state index contributed by atoms with van der Waals surface area (Å²) in [4.78, 5) is 27.3. The van der Waals surface area contributed by atoms with Crippen LogP contribution in [0.3, 0.4) is 0 Å². The second-order valence-electron chi connectivity index (χ2n) is 7.73. The van der Waals surface area contributed by atoms with Gasteiger partial charge in [0.1, 0.15) is 0 Å². The highest BCUT2D eigenvalue weighted by Gasteiger charge is 2.37. The molecule has 1 aliphatic heterocycles. The van der Waals surface area contributed by atoms with Crippen LogP contribution in [0.1, 0.15) is 30.0 Å². The average molecular weight is 445 g/mol. The highest BCUT2D eigenvalue weighted by Crippen LogP contribution is 2.42. The Balaban J connectivity index is 1.49. The van der Waals surface area contributed by atoms with Crippen molar-refractivity contribution >= 4 is 29.1 Å². The van der Waals surface area contributed by atoms with Crippen molar-refractivity contribution in [1.29, 1.82) is 0 Å². The van der Waals surface area contributed by atoms with Crippen LogP contribution in [0.15, 0.2) is 30.3 Å². The zero-order chi connectivity index (χ0) is 22.1. The zero-order valence-electron chi connectivity index (χ0n) is 17.7. The van der Waals surface area contributed by atoms with Crippen molar-refractivity contribution in [1.82, 2.24) is 5.32 Å². The van der Waals surface area contributed by atoms with Crippen LogP contribution in [0.2, 0.25) is 5.02 Å². The third-order valence-electron chi connectivity index (χ3n) is 5.96. The molecule has 31 heavy (non-hydrogen) atoms. The summed E-state index contributed by atoms with van der Waals surface area (Å²) in [6, 6.07) is 9.15. The lowest BCUT2D eigenvalue weighted by atomic mass is 10.0. The summed E-state index contributed by atoms with van der Waals surface area (Å²) in [6.07, 6.45) is 1.86. The molecule has 1 N–H and O–H groups in total. The monoisotopic (exact) mass is 444 g/mol. The molecule has 8 heteroatoms. The number of fused-ring (bicyclic) bond motifs is 1. The van der Waals surface area contributed by atoms with E-state index in [2.05, 4.69) is 5.32 Å². The number of halogens is 1. The molecule has 4 rings (SSSR count). The number of amides is 2. The van der Waals surface area contributed by atoms with Crippen molar-refractivity contribution in [2.24, 2.45) is 5.92 Å². The number of ether oxygens (including phenoxy) is 3. The largest absolute Gasteiger partial charge is 0.493 e. The minimum absolute atomic E-state index is 0.0508. The highest BCUT2D eigenvalue weighted by atomic mass is 35.5. The van der Waals surface area contributed by atoms with Gasteiger partial charge in [-0.05, 0) is 36.1 Å². The van der Waals surface area contributed by atoms with Crippen LogP contribution in [0, 0.1) is 5.92 Å². The van der Waals surface area contributed by atoms with E-state index in [1.807, 2.05) is 18.2 Å². The van der Waals surface area contributed by atoms with Crippen LogP contribution in [-0.4, -0.2) is 39.7 Å². The number of methoxy groups -OCH3 is 3. The molecule has 0 saturated carbocycles. The molecule has 2 unspecified atom stereocenters. The first-order valence-electron chi connectivity index (χ1n) is 10.1. The van der Waals surface area contributed by atoms with Gasteiger partial charge in [0.05, 0.1) is 39.0 Å². The Morgan fingerprint density at radius 1 is 1.10 bits per heavy atom. The second-order valence-corrected chi connectivity index (χ2v) is 8.17. The number of hydrogen-bond acceptors (Lipinski definition) is 5. The molecule has 1 fully saturated rings. The number of hydrogen-bond donors (Lipinski definition) is 1. The Kier molecular flexibility index (Phi) is 5.96. The topological polar surface area (TPSA) is 77.1 Å². The fourth-order valence-corrected chi connectivity index (χ4v) is 4.58. The molecule has 1 heterocycles. The molecule has 2 atom stereocenters. The molecule has 0 aromatic heterocycles. The molecule has 1 aliphatic carbocycles. The van der Waals surface area contributed by atoms with Crippen molar-refractivity contribution in [2.45, 2.75) is 25.3 Å². The number of benzene rings is 2. The molecule has 2 aromatic rings. The number of aryl methyl sites for hydroxylation is 1. The van der Waals surface area contributed by atoms with Crippen molar-refractivity contribution in [3.63, 3.8) is 0 Å². The molecule has 7 nitrogen and oxygen atoms in total. The first-order valence-corrected chi connectivity index (χ1v) is 10.5. The van der Waals surface area contributed by atoms with Gasteiger partial charge in [0.2, 0.25) is 17.6 Å². The number of carbonyl (C=O) groups excluding carboxylic acids is 2. The molecule has 0 radical (unpaired) electrons. The third kappa shape index (κ3) is 4.02. The smallest absolute Gasteiger partial charge is 0.227 e. The van der Waals surface area contributed by atoms with E-state index in [0.717, 1.165) is 18.4 Å². The van der Waals surface area contributed by atoms with E-state index in [1.165, 1.54) is 26.9 Å². The predicted molar refractivity (Wildman–Crippen MR) is 117 cm³/mol. The fraction of sp³-hybridized carbons (Fsp3) is 0.391. The van der Waals surface area contributed by atoms with Gasteiger partial charge in [-0.3, -0.25) is 9.59 Å². The summed E-state index contributed by atoms with van der Waals surface area (Å²) in [5.74, 6) is 0.708. The number of anilines is 1. The SMILES string of the molecule is COc1cc(N2CC(C(=O)NC3CCc4cc(Cl)ccc43)CC2=O)cc(OC)c1OC. The molecule has 0 spiro atoms. The maximum absolute atomic E-state index is 13.0. The lowest BCUT2D eigenvalue weighted by molar-refractivity contribution is -0.127. The van der Waals surface area contributed by atoms with E-state index in [9.17, 15) is 9.59 Å². The number of carbonyl (C=O) groups is 2. The Morgan fingerprint density at radius 3 is 2.45 bits per heavy atom. The summed E-state index contributed by atoms with van der Waals surface area (Å²) < 4.78 is 16.1. The van der Waals surface area contributed by atoms with Gasteiger partial charge in [-0.2, -0.15) is 0 Å². The van der Waals surface area contributed by atoms with Gasteiger partial charge in [-0.25, -0.2) is 0 Å². The molecular weight excluding hydrogens is 420 g/mol. The highest BCUT2D eigenvalue weighted by molar-refractivity contribution is 6.30. The Morgan fingerprint density at radius 2 is 1.81 bits per heavy atom. The molecule has 164 valence electrons. The van der Waals surface area contributed by atoms with Gasteiger partial charge in [0.15, 0.2) is 11.5 Å². The van der Waals surface area contributed by atoms with E-state index in [1.54, 1.807) is 17.0 Å². The maximum atomic E-state index is 13.0. The molecule has 2 amide bonds. The van der Waals surface area contributed by atoms with E-state index in [0.29, 0.717) is 34.5 Å². The molecule has 2 aliphatic rings. The predicted octanol–water partition coefficient (Wildman–Crippen LogP) is 3.52. The van der Waals surface area contributed by atoms with Gasteiger partial charge in [-0.1, -0.05) is 17.7 Å². The van der Waals surface area contributed by atoms with Crippen LogP contribution in [0.25, 0.3) is 0 Å². The minimum Gasteiger partial charge on any atom is -0.493 e. The molecule has 0 bridgehead atoms. The maximum Gasteiger partial charge on any atom is 0.227 e. The average Bonchev–Trinajstić information content (AvgIpc) is 3.35. The number of rotatable bonds is 6. The standard InChI is InChI=1S/C23H25ClN2O5/c1-29-19-10-16(11-20(30-2)22(19)31-3)26-12-14(9-21(26)27)23(28)25-18-7-4-13-8-15(24)5-6-17(13)18/h5-6,8,10-11,14,18H,4,7,9,12H2,1-3H3,(H,25,28). The van der Waals surface area contributed by atoms with E-state index >= 15 is 0 Å². The van der Waals surface area contributed by atoms with Crippen LogP contribution in [0.5, 0.6) is 17.2 Å². The van der Waals surface area contributed by atoms with Crippen molar-refractivity contribution in [3.05, 3.63) is 46.5 Å². The minimum atomic E-state index is -0.428. The van der Waals surface area contributed by atoms with Gasteiger partial charge in [0.25, 0.3) is 0 Å². The first-order chi connectivity index (χ1) is 14.9. The molecule has 2 aromatic carbocycles. The van der Waals surface area contributed by atoms with Crippen LogP contribution in [-0.2, 0) is 16.0 Å². The summed E-state index contributed by atoms with van der Waals surface area (Å²) in [7, 11) is 4.57. The normalized spacial score (nSPS) is 19.9. The Labute approximate surface area is 186 Å². The fourth-order valence-electron chi connectivity index (χ4n) is 4.38. The Bertz CT molecular complexity index is 1000. The van der Waals surface area contributed by atoms with Crippen molar-refractivity contribution < 1.29 is 23.8 Å². The van der Waals surface area contributed by atoms with Gasteiger partial charge in [0, 0.05) is 30.1 Å².